The SMILES string of the molecule is C=CCn1c(=O)c(N2CCC(NC(=O)N[C@H](C(=O)OC)c3ccccc3)CC2)nc2cccnc21. The molecule has 0 saturated carbocycles. The van der Waals surface area contributed by atoms with Crippen molar-refractivity contribution in [2.75, 3.05) is 25.1 Å². The number of hydrogen-bond donors (Lipinski definition) is 2. The Labute approximate surface area is 202 Å². The van der Waals surface area contributed by atoms with Gasteiger partial charge in [-0.25, -0.2) is 19.6 Å². The van der Waals surface area contributed by atoms with Crippen LogP contribution in [0, 0.1) is 0 Å². The van der Waals surface area contributed by atoms with Crippen molar-refractivity contribution in [2.45, 2.75) is 31.5 Å². The van der Waals surface area contributed by atoms with Crippen molar-refractivity contribution in [3.05, 3.63) is 77.2 Å². The summed E-state index contributed by atoms with van der Waals surface area (Å²) in [5.74, 6) is -0.182. The number of anilines is 1. The fraction of sp³-hybridized carbons (Fsp3) is 0.320. The summed E-state index contributed by atoms with van der Waals surface area (Å²) in [6.45, 7) is 5.17. The summed E-state index contributed by atoms with van der Waals surface area (Å²) in [6.07, 6.45) is 4.53. The number of hydrogen-bond acceptors (Lipinski definition) is 7. The fourth-order valence-electron chi connectivity index (χ4n) is 4.20. The van der Waals surface area contributed by atoms with E-state index in [0.717, 1.165) is 0 Å². The predicted molar refractivity (Wildman–Crippen MR) is 132 cm³/mol. The molecule has 10 heteroatoms. The second kappa shape index (κ2) is 10.8. The molecule has 1 fully saturated rings. The summed E-state index contributed by atoms with van der Waals surface area (Å²) in [4.78, 5) is 48.8. The normalized spacial score (nSPS) is 14.8. The first kappa shape index (κ1) is 23.9. The number of fused-ring (bicyclic) bond motifs is 1. The zero-order valence-corrected chi connectivity index (χ0v) is 19.5. The molecule has 2 N–H and O–H groups in total. The molecular weight excluding hydrogens is 448 g/mol. The second-order valence-corrected chi connectivity index (χ2v) is 8.23. The quantitative estimate of drug-likeness (QED) is 0.396. The lowest BCUT2D eigenvalue weighted by molar-refractivity contribution is -0.143. The number of urea groups is 1. The van der Waals surface area contributed by atoms with Crippen LogP contribution in [0.3, 0.4) is 0 Å². The molecule has 0 aliphatic carbocycles. The van der Waals surface area contributed by atoms with Crippen LogP contribution in [-0.4, -0.2) is 52.8 Å². The lowest BCUT2D eigenvalue weighted by Crippen LogP contribution is -2.50. The van der Waals surface area contributed by atoms with E-state index in [1.54, 1.807) is 47.2 Å². The highest BCUT2D eigenvalue weighted by molar-refractivity contribution is 5.84. The van der Waals surface area contributed by atoms with Gasteiger partial charge in [0.25, 0.3) is 5.56 Å². The zero-order chi connectivity index (χ0) is 24.8. The maximum atomic E-state index is 13.1. The largest absolute Gasteiger partial charge is 0.467 e. The summed E-state index contributed by atoms with van der Waals surface area (Å²) in [5.41, 5.74) is 1.58. The van der Waals surface area contributed by atoms with Crippen molar-refractivity contribution in [2.24, 2.45) is 0 Å². The molecule has 3 heterocycles. The molecule has 1 atom stereocenters. The number of rotatable bonds is 7. The number of esters is 1. The highest BCUT2D eigenvalue weighted by atomic mass is 16.5. The van der Waals surface area contributed by atoms with Crippen LogP contribution in [0.5, 0.6) is 0 Å². The van der Waals surface area contributed by atoms with Gasteiger partial charge in [-0.05, 0) is 30.5 Å². The average Bonchev–Trinajstić information content (AvgIpc) is 2.89. The first-order chi connectivity index (χ1) is 17.0. The Morgan fingerprint density at radius 1 is 1.20 bits per heavy atom. The number of carbonyl (C=O) groups excluding carboxylic acids is 2. The minimum atomic E-state index is -0.903. The van der Waals surface area contributed by atoms with Crippen LogP contribution in [0.25, 0.3) is 11.2 Å². The van der Waals surface area contributed by atoms with E-state index >= 15 is 0 Å². The number of carbonyl (C=O) groups is 2. The molecule has 1 aliphatic rings. The smallest absolute Gasteiger partial charge is 0.333 e. The molecule has 3 aromatic rings. The Hall–Kier alpha value is -4.21. The summed E-state index contributed by atoms with van der Waals surface area (Å²) in [6, 6.07) is 11.1. The molecule has 1 saturated heterocycles. The van der Waals surface area contributed by atoms with Crippen LogP contribution in [0.4, 0.5) is 10.6 Å². The minimum Gasteiger partial charge on any atom is -0.467 e. The fourth-order valence-corrected chi connectivity index (χ4v) is 4.20. The number of amides is 2. The van der Waals surface area contributed by atoms with Crippen molar-refractivity contribution in [1.29, 1.82) is 0 Å². The summed E-state index contributed by atoms with van der Waals surface area (Å²) in [5, 5.41) is 5.64. The molecule has 1 aromatic carbocycles. The third-order valence-electron chi connectivity index (χ3n) is 5.97. The van der Waals surface area contributed by atoms with Crippen LogP contribution < -0.4 is 21.1 Å². The first-order valence-electron chi connectivity index (χ1n) is 11.4. The van der Waals surface area contributed by atoms with E-state index in [1.165, 1.54) is 7.11 Å². The lowest BCUT2D eigenvalue weighted by atomic mass is 10.0. The van der Waals surface area contributed by atoms with Gasteiger partial charge in [-0.3, -0.25) is 9.36 Å². The topological polar surface area (TPSA) is 118 Å². The monoisotopic (exact) mass is 476 g/mol. The molecule has 10 nitrogen and oxygen atoms in total. The molecule has 0 spiro atoms. The Morgan fingerprint density at radius 2 is 1.94 bits per heavy atom. The maximum Gasteiger partial charge on any atom is 0.333 e. The lowest BCUT2D eigenvalue weighted by Gasteiger charge is -2.33. The Balaban J connectivity index is 1.42. The van der Waals surface area contributed by atoms with E-state index < -0.39 is 18.0 Å². The van der Waals surface area contributed by atoms with E-state index in [0.29, 0.717) is 55.0 Å². The van der Waals surface area contributed by atoms with Crippen LogP contribution in [0.2, 0.25) is 0 Å². The van der Waals surface area contributed by atoms with Gasteiger partial charge < -0.3 is 20.3 Å². The number of ether oxygens (including phenoxy) is 1. The van der Waals surface area contributed by atoms with Gasteiger partial charge in [0.2, 0.25) is 0 Å². The van der Waals surface area contributed by atoms with Gasteiger partial charge in [0, 0.05) is 31.9 Å². The van der Waals surface area contributed by atoms with Gasteiger partial charge in [0.15, 0.2) is 17.5 Å². The third kappa shape index (κ3) is 5.32. The molecule has 182 valence electrons. The molecule has 2 aromatic heterocycles. The van der Waals surface area contributed by atoms with Gasteiger partial charge in [-0.2, -0.15) is 0 Å². The Morgan fingerprint density at radius 3 is 2.63 bits per heavy atom. The van der Waals surface area contributed by atoms with Crippen molar-refractivity contribution in [1.82, 2.24) is 25.2 Å². The number of aromatic nitrogens is 3. The van der Waals surface area contributed by atoms with E-state index in [1.807, 2.05) is 17.0 Å². The molecule has 0 bridgehead atoms. The van der Waals surface area contributed by atoms with Crippen LogP contribution >= 0.6 is 0 Å². The number of nitrogens with zero attached hydrogens (tertiary/aromatic N) is 4. The van der Waals surface area contributed by atoms with Crippen molar-refractivity contribution in [3.8, 4) is 0 Å². The maximum absolute atomic E-state index is 13.1. The van der Waals surface area contributed by atoms with Crippen LogP contribution in [0.1, 0.15) is 24.4 Å². The second-order valence-electron chi connectivity index (χ2n) is 8.23. The highest BCUT2D eigenvalue weighted by Crippen LogP contribution is 2.19. The van der Waals surface area contributed by atoms with E-state index in [-0.39, 0.29) is 11.6 Å². The van der Waals surface area contributed by atoms with Gasteiger partial charge in [-0.1, -0.05) is 36.4 Å². The van der Waals surface area contributed by atoms with Crippen molar-refractivity contribution >= 4 is 29.0 Å². The predicted octanol–water partition coefficient (Wildman–Crippen LogP) is 2.16. The van der Waals surface area contributed by atoms with Gasteiger partial charge in [-0.15, -0.1) is 6.58 Å². The number of nitrogens with one attached hydrogen (secondary N) is 2. The van der Waals surface area contributed by atoms with Gasteiger partial charge in [0.1, 0.15) is 5.52 Å². The van der Waals surface area contributed by atoms with E-state index in [2.05, 4.69) is 27.2 Å². The molecule has 0 radical (unpaired) electrons. The number of allylic oxidation sites excluding steroid dienone is 1. The molecule has 35 heavy (non-hydrogen) atoms. The number of piperidine rings is 1. The van der Waals surface area contributed by atoms with Gasteiger partial charge >= 0.3 is 12.0 Å². The van der Waals surface area contributed by atoms with Crippen molar-refractivity contribution in [3.63, 3.8) is 0 Å². The summed E-state index contributed by atoms with van der Waals surface area (Å²) in [7, 11) is 1.29. The first-order valence-corrected chi connectivity index (χ1v) is 11.4. The summed E-state index contributed by atoms with van der Waals surface area (Å²) < 4.78 is 6.42. The molecule has 0 unspecified atom stereocenters. The van der Waals surface area contributed by atoms with E-state index in [4.69, 9.17) is 4.74 Å². The average molecular weight is 477 g/mol. The Bertz CT molecular complexity index is 1270. The van der Waals surface area contributed by atoms with Crippen LogP contribution in [0.15, 0.2) is 66.1 Å². The highest BCUT2D eigenvalue weighted by Gasteiger charge is 2.27. The van der Waals surface area contributed by atoms with Crippen molar-refractivity contribution < 1.29 is 14.3 Å². The standard InChI is InChI=1S/C25H28N6O4/c1-3-14-31-21-19(10-7-13-26-21)28-22(23(31)32)30-15-11-18(12-16-30)27-25(34)29-20(24(33)35-2)17-8-5-4-6-9-17/h3-10,13,18,20H,1,11-12,14-16H2,2H3,(H2,27,29,34)/t20-/m0/s1. The van der Waals surface area contributed by atoms with Crippen LogP contribution in [-0.2, 0) is 16.1 Å². The number of benzene rings is 1. The van der Waals surface area contributed by atoms with Gasteiger partial charge in [0.05, 0.1) is 7.11 Å². The number of methoxy groups -OCH3 is 1. The molecule has 1 aliphatic heterocycles. The Kier molecular flexibility index (Phi) is 7.39. The van der Waals surface area contributed by atoms with E-state index in [9.17, 15) is 14.4 Å². The number of pyridine rings is 1. The minimum absolute atomic E-state index is 0.113. The molecule has 2 amide bonds. The zero-order valence-electron chi connectivity index (χ0n) is 19.5. The third-order valence-corrected chi connectivity index (χ3v) is 5.97. The summed E-state index contributed by atoms with van der Waals surface area (Å²) >= 11 is 0. The molecular formula is C25H28N6O4. The molecule has 4 rings (SSSR count).